The van der Waals surface area contributed by atoms with Gasteiger partial charge in [-0.25, -0.2) is 18.4 Å². The molecule has 17 heteroatoms. The van der Waals surface area contributed by atoms with Gasteiger partial charge in [0.25, 0.3) is 11.8 Å². The second-order valence-electron chi connectivity index (χ2n) is 12.2. The number of nitrogens with one attached hydrogen (secondary N) is 1. The molecule has 48 heavy (non-hydrogen) atoms. The zero-order valence-electron chi connectivity index (χ0n) is 26.8. The SMILES string of the molecule is CC1=NO[C@@]2(CC[C@H](C)N3C[C@H]2n2cc(C(=O)NCc4ccc(F)cc4F)c(=O)c(OCOC(=O)N(C)CCN(C)C(=O)O)c2C3=O)C1. The number of benzene rings is 1. The normalized spacial score (nSPS) is 21.1. The van der Waals surface area contributed by atoms with E-state index in [0.29, 0.717) is 25.3 Å². The first-order chi connectivity index (χ1) is 22.7. The number of likely N-dealkylation sites (N-methyl/N-ethyl adjacent to an activating group) is 2. The lowest BCUT2D eigenvalue weighted by molar-refractivity contribution is -0.0657. The van der Waals surface area contributed by atoms with E-state index in [4.69, 9.17) is 19.4 Å². The van der Waals surface area contributed by atoms with Gasteiger partial charge in [0.1, 0.15) is 17.2 Å². The third-order valence-electron chi connectivity index (χ3n) is 8.92. The number of ether oxygens (including phenoxy) is 2. The van der Waals surface area contributed by atoms with Gasteiger partial charge in [-0.1, -0.05) is 11.2 Å². The molecule has 2 aromatic rings. The van der Waals surface area contributed by atoms with Crippen molar-refractivity contribution in [1.82, 2.24) is 24.6 Å². The topological polar surface area (TPSA) is 172 Å². The maximum absolute atomic E-state index is 14.3. The fourth-order valence-corrected chi connectivity index (χ4v) is 6.08. The molecule has 4 heterocycles. The van der Waals surface area contributed by atoms with Crippen molar-refractivity contribution in [1.29, 1.82) is 0 Å². The Kier molecular flexibility index (Phi) is 9.59. The van der Waals surface area contributed by atoms with Crippen molar-refractivity contribution in [2.45, 2.75) is 57.3 Å². The average molecular weight is 675 g/mol. The molecule has 1 aromatic carbocycles. The number of oxime groups is 1. The van der Waals surface area contributed by atoms with E-state index in [2.05, 4.69) is 10.5 Å². The standard InChI is InChI=1S/C31H36F2N6O9/c1-17-12-31(48-35-17)8-7-18(2)38-15-23(31)39-14-21(27(41)34-13-19-5-6-20(32)11-22(19)33)25(40)26(24(39)28(38)42)46-16-47-30(45)37(4)10-9-36(3)29(43)44/h5-6,11,14,18,23H,7-10,12-13,15-16H2,1-4H3,(H,34,41)(H,43,44)/t18-,23+,31-/m0/s1. The highest BCUT2D eigenvalue weighted by atomic mass is 19.1. The van der Waals surface area contributed by atoms with E-state index in [1.54, 1.807) is 4.90 Å². The smallest absolute Gasteiger partial charge is 0.412 e. The third-order valence-corrected chi connectivity index (χ3v) is 8.92. The van der Waals surface area contributed by atoms with Gasteiger partial charge < -0.3 is 44.0 Å². The van der Waals surface area contributed by atoms with Crippen LogP contribution in [0.5, 0.6) is 5.75 Å². The predicted molar refractivity (Wildman–Crippen MR) is 164 cm³/mol. The van der Waals surface area contributed by atoms with Gasteiger partial charge in [-0.15, -0.1) is 0 Å². The lowest BCUT2D eigenvalue weighted by Crippen LogP contribution is -2.52. The van der Waals surface area contributed by atoms with Crippen molar-refractivity contribution in [3.63, 3.8) is 0 Å². The van der Waals surface area contributed by atoms with Gasteiger partial charge in [-0.2, -0.15) is 0 Å². The van der Waals surface area contributed by atoms with Crippen LogP contribution >= 0.6 is 0 Å². The van der Waals surface area contributed by atoms with Gasteiger partial charge in [-0.05, 0) is 32.8 Å². The summed E-state index contributed by atoms with van der Waals surface area (Å²) in [6.45, 7) is 2.65. The summed E-state index contributed by atoms with van der Waals surface area (Å²) in [5.74, 6) is -3.70. The Morgan fingerprint density at radius 2 is 1.92 bits per heavy atom. The van der Waals surface area contributed by atoms with Crippen molar-refractivity contribution < 1.29 is 47.4 Å². The summed E-state index contributed by atoms with van der Waals surface area (Å²) in [6, 6.07) is 2.00. The summed E-state index contributed by atoms with van der Waals surface area (Å²) in [7, 11) is 2.71. The zero-order chi connectivity index (χ0) is 34.9. The summed E-state index contributed by atoms with van der Waals surface area (Å²) in [6.07, 6.45) is 0.671. The van der Waals surface area contributed by atoms with Gasteiger partial charge in [0.15, 0.2) is 11.3 Å². The van der Waals surface area contributed by atoms with Crippen LogP contribution in [-0.4, -0.2) is 106 Å². The molecule has 2 bridgehead atoms. The number of hydrogen-bond donors (Lipinski definition) is 2. The van der Waals surface area contributed by atoms with Gasteiger partial charge in [0.2, 0.25) is 18.0 Å². The molecule has 1 aromatic heterocycles. The molecule has 0 aliphatic carbocycles. The Labute approximate surface area is 273 Å². The number of carbonyl (C=O) groups excluding carboxylic acids is 3. The predicted octanol–water partition coefficient (Wildman–Crippen LogP) is 2.79. The van der Waals surface area contributed by atoms with Crippen LogP contribution in [0.4, 0.5) is 18.4 Å². The van der Waals surface area contributed by atoms with Crippen LogP contribution in [0.2, 0.25) is 0 Å². The Morgan fingerprint density at radius 1 is 1.19 bits per heavy atom. The van der Waals surface area contributed by atoms with E-state index >= 15 is 0 Å². The van der Waals surface area contributed by atoms with Gasteiger partial charge in [0.05, 0.1) is 11.8 Å². The number of nitrogens with zero attached hydrogens (tertiary/aromatic N) is 5. The Bertz CT molecular complexity index is 1730. The Hall–Kier alpha value is -5.22. The minimum absolute atomic E-state index is 0.00740. The van der Waals surface area contributed by atoms with Crippen molar-refractivity contribution in [3.05, 3.63) is 63.1 Å². The van der Waals surface area contributed by atoms with Crippen molar-refractivity contribution in [3.8, 4) is 5.75 Å². The summed E-state index contributed by atoms with van der Waals surface area (Å²) >= 11 is 0. The molecule has 15 nitrogen and oxygen atoms in total. The molecular formula is C31H36F2N6O9. The van der Waals surface area contributed by atoms with Crippen LogP contribution in [0.3, 0.4) is 0 Å². The highest BCUT2D eigenvalue weighted by Gasteiger charge is 2.54. The fourth-order valence-electron chi connectivity index (χ4n) is 6.08. The largest absolute Gasteiger partial charge is 0.465 e. The lowest BCUT2D eigenvalue weighted by Gasteiger charge is -2.42. The Morgan fingerprint density at radius 3 is 2.58 bits per heavy atom. The number of fused-ring (bicyclic) bond motifs is 5. The maximum Gasteiger partial charge on any atom is 0.412 e. The summed E-state index contributed by atoms with van der Waals surface area (Å²) in [5.41, 5.74) is -1.80. The Balaban J connectivity index is 1.49. The molecular weight excluding hydrogens is 638 g/mol. The maximum atomic E-state index is 14.3. The number of carbonyl (C=O) groups is 4. The van der Waals surface area contributed by atoms with Crippen LogP contribution in [0.1, 0.15) is 65.6 Å². The van der Waals surface area contributed by atoms with Crippen molar-refractivity contribution in [2.24, 2.45) is 5.16 Å². The molecule has 4 amide bonds. The molecule has 2 N–H and O–H groups in total. The van der Waals surface area contributed by atoms with Crippen molar-refractivity contribution >= 4 is 29.7 Å². The first-order valence-corrected chi connectivity index (χ1v) is 15.2. The first-order valence-electron chi connectivity index (χ1n) is 15.2. The van der Waals surface area contributed by atoms with E-state index in [1.165, 1.54) is 24.9 Å². The zero-order valence-corrected chi connectivity index (χ0v) is 26.8. The molecule has 0 saturated carbocycles. The minimum Gasteiger partial charge on any atom is -0.465 e. The summed E-state index contributed by atoms with van der Waals surface area (Å²) in [5, 5.41) is 15.7. The molecule has 0 radical (unpaired) electrons. The highest BCUT2D eigenvalue weighted by molar-refractivity contribution is 5.99. The number of rotatable bonds is 9. The number of carboxylic acid groups (broad SMARTS) is 1. The molecule has 5 rings (SSSR count). The van der Waals surface area contributed by atoms with Gasteiger partial charge >= 0.3 is 12.2 Å². The molecule has 3 aliphatic rings. The number of amides is 4. The van der Waals surface area contributed by atoms with Crippen LogP contribution in [0, 0.1) is 11.6 Å². The molecule has 1 saturated heterocycles. The van der Waals surface area contributed by atoms with E-state index in [0.717, 1.165) is 27.6 Å². The second kappa shape index (κ2) is 13.5. The first kappa shape index (κ1) is 34.1. The third kappa shape index (κ3) is 6.61. The lowest BCUT2D eigenvalue weighted by atomic mass is 9.84. The molecule has 258 valence electrons. The van der Waals surface area contributed by atoms with E-state index in [-0.39, 0.29) is 43.5 Å². The summed E-state index contributed by atoms with van der Waals surface area (Å²) in [4.78, 5) is 74.7. The molecule has 0 unspecified atom stereocenters. The molecule has 1 spiro atoms. The minimum atomic E-state index is -1.18. The fraction of sp³-hybridized carbons (Fsp3) is 0.484. The quantitative estimate of drug-likeness (QED) is 0.380. The van der Waals surface area contributed by atoms with Crippen LogP contribution < -0.4 is 15.5 Å². The van der Waals surface area contributed by atoms with Gasteiger partial charge in [-0.3, -0.25) is 14.4 Å². The van der Waals surface area contributed by atoms with Crippen molar-refractivity contribution in [2.75, 3.05) is 40.5 Å². The van der Waals surface area contributed by atoms with Crippen LogP contribution in [0.25, 0.3) is 0 Å². The number of pyridine rings is 1. The van der Waals surface area contributed by atoms with E-state index in [1.807, 2.05) is 13.8 Å². The number of aromatic nitrogens is 1. The number of halogens is 2. The van der Waals surface area contributed by atoms with Crippen LogP contribution in [-0.2, 0) is 16.1 Å². The van der Waals surface area contributed by atoms with E-state index in [9.17, 15) is 32.8 Å². The van der Waals surface area contributed by atoms with E-state index < -0.39 is 70.8 Å². The highest BCUT2D eigenvalue weighted by Crippen LogP contribution is 2.46. The molecule has 1 fully saturated rings. The molecule has 3 aliphatic heterocycles. The monoisotopic (exact) mass is 674 g/mol. The summed E-state index contributed by atoms with van der Waals surface area (Å²) < 4.78 is 40.0. The van der Waals surface area contributed by atoms with Gasteiger partial charge in [0, 0.05) is 70.6 Å². The number of hydrogen-bond acceptors (Lipinski definition) is 9. The van der Waals surface area contributed by atoms with Crippen LogP contribution in [0.15, 0.2) is 34.3 Å². The second-order valence-corrected chi connectivity index (χ2v) is 12.2. The molecule has 3 atom stereocenters. The average Bonchev–Trinajstić information content (AvgIpc) is 3.37.